The molecule has 0 heterocycles. The number of methoxy groups -OCH3 is 2. The molecule has 0 unspecified atom stereocenters. The van der Waals surface area contributed by atoms with Crippen LogP contribution in [0, 0.1) is 0 Å². The Balaban J connectivity index is 2.67. The van der Waals surface area contributed by atoms with Gasteiger partial charge in [0.05, 0.1) is 26.2 Å². The van der Waals surface area contributed by atoms with Gasteiger partial charge < -0.3 is 25.3 Å². The highest BCUT2D eigenvalue weighted by Crippen LogP contribution is 2.31. The highest BCUT2D eigenvalue weighted by molar-refractivity contribution is 6.00. The van der Waals surface area contributed by atoms with Crippen LogP contribution in [0.1, 0.15) is 37.6 Å². The molecule has 1 aromatic rings. The second-order valence-electron chi connectivity index (χ2n) is 5.89. The zero-order chi connectivity index (χ0) is 17.6. The first-order valence-corrected chi connectivity index (χ1v) is 7.19. The van der Waals surface area contributed by atoms with Gasteiger partial charge in [-0.25, -0.2) is 0 Å². The highest BCUT2D eigenvalue weighted by Gasteiger charge is 2.18. The number of carbonyl (C=O) groups is 2. The van der Waals surface area contributed by atoms with Crippen LogP contribution >= 0.6 is 0 Å². The van der Waals surface area contributed by atoms with Crippen LogP contribution in [0.3, 0.4) is 0 Å². The summed E-state index contributed by atoms with van der Waals surface area (Å²) in [6.07, 6.45) is 0.0796. The van der Waals surface area contributed by atoms with Crippen molar-refractivity contribution in [2.75, 3.05) is 26.5 Å². The first-order chi connectivity index (χ1) is 10.7. The molecule has 0 saturated heterocycles. The molecule has 3 N–H and O–H groups in total. The van der Waals surface area contributed by atoms with Crippen molar-refractivity contribution in [1.29, 1.82) is 0 Å². The quantitative estimate of drug-likeness (QED) is 0.611. The van der Waals surface area contributed by atoms with Gasteiger partial charge in [-0.2, -0.15) is 0 Å². The number of hydrogen-bond acceptors (Lipinski definition) is 6. The molecule has 0 spiro atoms. The number of esters is 1. The van der Waals surface area contributed by atoms with E-state index >= 15 is 0 Å². The molecular weight excluding hydrogens is 300 g/mol. The number of nitrogen functional groups attached to an aromatic ring is 1. The molecule has 0 bridgehead atoms. The lowest BCUT2D eigenvalue weighted by Gasteiger charge is -2.19. The first-order valence-electron chi connectivity index (χ1n) is 7.19. The summed E-state index contributed by atoms with van der Waals surface area (Å²) in [4.78, 5) is 23.8. The van der Waals surface area contributed by atoms with Gasteiger partial charge in [0, 0.05) is 18.3 Å². The van der Waals surface area contributed by atoms with E-state index in [1.165, 1.54) is 26.4 Å². The largest absolute Gasteiger partial charge is 0.493 e. The van der Waals surface area contributed by atoms with Gasteiger partial charge in [0.25, 0.3) is 5.91 Å². The average molecular weight is 324 g/mol. The Kier molecular flexibility index (Phi) is 6.24. The van der Waals surface area contributed by atoms with Crippen molar-refractivity contribution in [2.24, 2.45) is 0 Å². The maximum atomic E-state index is 12.2. The van der Waals surface area contributed by atoms with E-state index in [1.54, 1.807) is 20.8 Å². The first kappa shape index (κ1) is 18.6. The van der Waals surface area contributed by atoms with E-state index in [2.05, 4.69) is 5.32 Å². The SMILES string of the molecule is COc1cc(N)c(C(=O)NCCC(=O)OC(C)(C)C)cc1OC. The molecular formula is C16H24N2O5. The number of rotatable bonds is 6. The summed E-state index contributed by atoms with van der Waals surface area (Å²) >= 11 is 0. The van der Waals surface area contributed by atoms with Gasteiger partial charge in [-0.15, -0.1) is 0 Å². The van der Waals surface area contributed by atoms with Crippen LogP contribution in [0.2, 0.25) is 0 Å². The number of anilines is 1. The molecule has 7 nitrogen and oxygen atoms in total. The molecule has 0 saturated carbocycles. The number of nitrogens with two attached hydrogens (primary N) is 1. The minimum atomic E-state index is -0.547. The number of benzene rings is 1. The Morgan fingerprint density at radius 3 is 2.22 bits per heavy atom. The van der Waals surface area contributed by atoms with Crippen LogP contribution in [0.15, 0.2) is 12.1 Å². The van der Waals surface area contributed by atoms with E-state index in [0.29, 0.717) is 11.5 Å². The highest BCUT2D eigenvalue weighted by atomic mass is 16.6. The number of carbonyl (C=O) groups excluding carboxylic acids is 2. The summed E-state index contributed by atoms with van der Waals surface area (Å²) in [5.74, 6) is 0.0689. The topological polar surface area (TPSA) is 99.9 Å². The van der Waals surface area contributed by atoms with E-state index in [1.807, 2.05) is 0 Å². The number of amides is 1. The van der Waals surface area contributed by atoms with E-state index in [0.717, 1.165) is 0 Å². The van der Waals surface area contributed by atoms with Crippen molar-refractivity contribution in [1.82, 2.24) is 5.32 Å². The Morgan fingerprint density at radius 1 is 1.13 bits per heavy atom. The Morgan fingerprint density at radius 2 is 1.70 bits per heavy atom. The van der Waals surface area contributed by atoms with Crippen LogP contribution in [0.25, 0.3) is 0 Å². The summed E-state index contributed by atoms with van der Waals surface area (Å²) in [5.41, 5.74) is 5.82. The maximum absolute atomic E-state index is 12.2. The molecule has 1 aromatic carbocycles. The third-order valence-corrected chi connectivity index (χ3v) is 2.84. The summed E-state index contributed by atoms with van der Waals surface area (Å²) in [6.45, 7) is 5.51. The van der Waals surface area contributed by atoms with E-state index in [4.69, 9.17) is 19.9 Å². The number of nitrogens with one attached hydrogen (secondary N) is 1. The Hall–Kier alpha value is -2.44. The average Bonchev–Trinajstić information content (AvgIpc) is 2.44. The second kappa shape index (κ2) is 7.71. The van der Waals surface area contributed by atoms with Crippen molar-refractivity contribution >= 4 is 17.6 Å². The van der Waals surface area contributed by atoms with Gasteiger partial charge in [0.2, 0.25) is 0 Å². The van der Waals surface area contributed by atoms with Crippen molar-refractivity contribution in [2.45, 2.75) is 32.8 Å². The van der Waals surface area contributed by atoms with Gasteiger partial charge in [0.1, 0.15) is 5.60 Å². The molecule has 0 aliphatic rings. The molecule has 0 fully saturated rings. The lowest BCUT2D eigenvalue weighted by atomic mass is 10.1. The van der Waals surface area contributed by atoms with Crippen molar-refractivity contribution < 1.29 is 23.8 Å². The van der Waals surface area contributed by atoms with Gasteiger partial charge in [-0.3, -0.25) is 9.59 Å². The fraction of sp³-hybridized carbons (Fsp3) is 0.500. The normalized spacial score (nSPS) is 10.8. The molecule has 0 aromatic heterocycles. The fourth-order valence-electron chi connectivity index (χ4n) is 1.86. The second-order valence-corrected chi connectivity index (χ2v) is 5.89. The van der Waals surface area contributed by atoms with Gasteiger partial charge in [-0.05, 0) is 26.8 Å². The molecule has 1 amide bonds. The number of ether oxygens (including phenoxy) is 3. The standard InChI is InChI=1S/C16H24N2O5/c1-16(2,3)23-14(19)6-7-18-15(20)10-8-12(21-4)13(22-5)9-11(10)17/h8-9H,6-7,17H2,1-5H3,(H,18,20). The molecule has 1 rings (SSSR count). The lowest BCUT2D eigenvalue weighted by molar-refractivity contribution is -0.154. The van der Waals surface area contributed by atoms with E-state index in [-0.39, 0.29) is 30.2 Å². The third-order valence-electron chi connectivity index (χ3n) is 2.84. The predicted molar refractivity (Wildman–Crippen MR) is 86.8 cm³/mol. The molecule has 128 valence electrons. The Bertz CT molecular complexity index is 579. The molecule has 0 aliphatic carbocycles. The summed E-state index contributed by atoms with van der Waals surface area (Å²) < 4.78 is 15.4. The minimum absolute atomic E-state index is 0.0796. The van der Waals surface area contributed by atoms with E-state index in [9.17, 15) is 9.59 Å². The van der Waals surface area contributed by atoms with Crippen molar-refractivity contribution in [3.63, 3.8) is 0 Å². The lowest BCUT2D eigenvalue weighted by Crippen LogP contribution is -2.30. The monoisotopic (exact) mass is 324 g/mol. The molecule has 0 radical (unpaired) electrons. The van der Waals surface area contributed by atoms with Crippen LogP contribution in [-0.4, -0.2) is 38.2 Å². The van der Waals surface area contributed by atoms with E-state index < -0.39 is 11.5 Å². The van der Waals surface area contributed by atoms with Gasteiger partial charge in [0.15, 0.2) is 11.5 Å². The van der Waals surface area contributed by atoms with Crippen molar-refractivity contribution in [3.05, 3.63) is 17.7 Å². The van der Waals surface area contributed by atoms with Crippen LogP contribution in [-0.2, 0) is 9.53 Å². The smallest absolute Gasteiger partial charge is 0.308 e. The summed E-state index contributed by atoms with van der Waals surface area (Å²) in [6, 6.07) is 3.01. The van der Waals surface area contributed by atoms with Gasteiger partial charge >= 0.3 is 5.97 Å². The van der Waals surface area contributed by atoms with Crippen LogP contribution in [0.5, 0.6) is 11.5 Å². The maximum Gasteiger partial charge on any atom is 0.308 e. The minimum Gasteiger partial charge on any atom is -0.493 e. The van der Waals surface area contributed by atoms with Crippen LogP contribution < -0.4 is 20.5 Å². The van der Waals surface area contributed by atoms with Crippen molar-refractivity contribution in [3.8, 4) is 11.5 Å². The molecule has 0 atom stereocenters. The fourth-order valence-corrected chi connectivity index (χ4v) is 1.86. The van der Waals surface area contributed by atoms with Gasteiger partial charge in [-0.1, -0.05) is 0 Å². The summed E-state index contributed by atoms with van der Waals surface area (Å²) in [7, 11) is 2.95. The summed E-state index contributed by atoms with van der Waals surface area (Å²) in [5, 5.41) is 2.63. The molecule has 23 heavy (non-hydrogen) atoms. The third kappa shape index (κ3) is 5.69. The predicted octanol–water partition coefficient (Wildman–Crippen LogP) is 1.75. The molecule has 0 aliphatic heterocycles. The zero-order valence-electron chi connectivity index (χ0n) is 14.2. The number of hydrogen-bond donors (Lipinski definition) is 2. The zero-order valence-corrected chi connectivity index (χ0v) is 14.2. The molecule has 7 heteroatoms. The van der Waals surface area contributed by atoms with Crippen LogP contribution in [0.4, 0.5) is 5.69 Å². The Labute approximate surface area is 136 Å².